The Labute approximate surface area is 361 Å². The number of hydrogen-bond acceptors (Lipinski definition) is 4. The van der Waals surface area contributed by atoms with Gasteiger partial charge >= 0.3 is 6.85 Å². The first-order valence-corrected chi connectivity index (χ1v) is 22.3. The number of hydrogen-bond donors (Lipinski definition) is 0. The van der Waals surface area contributed by atoms with E-state index in [-0.39, 0.29) is 17.7 Å². The van der Waals surface area contributed by atoms with E-state index in [2.05, 4.69) is 215 Å². The topological polar surface area (TPSA) is 19.6 Å². The third-order valence-corrected chi connectivity index (χ3v) is 14.3. The largest absolute Gasteiger partial charge is 0.466 e. The summed E-state index contributed by atoms with van der Waals surface area (Å²) in [5, 5.41) is 6.18. The van der Waals surface area contributed by atoms with Gasteiger partial charge in [-0.05, 0) is 110 Å². The Morgan fingerprint density at radius 2 is 1.18 bits per heavy atom. The Bertz CT molecular complexity index is 3400. The third-order valence-electron chi connectivity index (χ3n) is 13.1. The van der Waals surface area contributed by atoms with Gasteiger partial charge in [0.25, 0.3) is 0 Å². The van der Waals surface area contributed by atoms with Crippen LogP contribution >= 0.6 is 11.3 Å². The number of benzene rings is 8. The molecule has 5 heteroatoms. The average molecular weight is 805 g/mol. The predicted molar refractivity (Wildman–Crippen MR) is 263 cm³/mol. The predicted octanol–water partition coefficient (Wildman–Crippen LogP) is 14.9. The van der Waals surface area contributed by atoms with Crippen LogP contribution in [0, 0.1) is 0 Å². The van der Waals surface area contributed by atoms with Crippen LogP contribution in [0.2, 0.25) is 0 Å². The standard InChI is InChI=1S/C56H45BN2OS/c1-55(2,3)36-24-27-38(28-25-36)59-44-30-31-48-49(41-21-13-15-23-47(41)61-48)51(44)50-39-19-11-10-18-35(39)32-45-52(50)57(59)54-53(40-20-12-14-22-46(40)60-54)58(45)43-29-26-37(56(4,5)6)33-42(43)34-16-8-7-9-17-34/h7-33H,1-6H3. The van der Waals surface area contributed by atoms with Gasteiger partial charge in [0.1, 0.15) is 11.2 Å². The van der Waals surface area contributed by atoms with Gasteiger partial charge < -0.3 is 14.1 Å². The summed E-state index contributed by atoms with van der Waals surface area (Å²) in [7, 11) is 0. The Balaban J connectivity index is 1.27. The molecule has 0 saturated carbocycles. The number of rotatable bonds is 3. The fraction of sp³-hybridized carbons (Fsp3) is 0.143. The molecular weight excluding hydrogens is 760 g/mol. The van der Waals surface area contributed by atoms with Crippen molar-refractivity contribution in [2.24, 2.45) is 0 Å². The highest BCUT2D eigenvalue weighted by Crippen LogP contribution is 2.55. The van der Waals surface area contributed by atoms with Crippen LogP contribution in [0.25, 0.3) is 64.2 Å². The van der Waals surface area contributed by atoms with Crippen molar-refractivity contribution in [1.29, 1.82) is 0 Å². The number of thiophene rings is 1. The van der Waals surface area contributed by atoms with Crippen LogP contribution in [0.5, 0.6) is 0 Å². The molecule has 12 rings (SSSR count). The number of furan rings is 1. The number of fused-ring (bicyclic) bond motifs is 12. The lowest BCUT2D eigenvalue weighted by molar-refractivity contribution is 0.590. The zero-order valence-electron chi connectivity index (χ0n) is 35.4. The van der Waals surface area contributed by atoms with Gasteiger partial charge in [0, 0.05) is 53.7 Å². The lowest BCUT2D eigenvalue weighted by atomic mass is 9.45. The maximum absolute atomic E-state index is 7.33. The van der Waals surface area contributed by atoms with Crippen LogP contribution in [0.1, 0.15) is 52.7 Å². The van der Waals surface area contributed by atoms with Crippen molar-refractivity contribution >= 4 is 99.7 Å². The summed E-state index contributed by atoms with van der Waals surface area (Å²) in [5.74, 6) is 0. The molecule has 2 aromatic heterocycles. The minimum atomic E-state index is -0.252. The van der Waals surface area contributed by atoms with Crippen LogP contribution in [0.3, 0.4) is 0 Å². The van der Waals surface area contributed by atoms with Gasteiger partial charge in [-0.1, -0.05) is 145 Å². The molecule has 0 bridgehead atoms. The second-order valence-electron chi connectivity index (χ2n) is 18.9. The first-order valence-electron chi connectivity index (χ1n) is 21.5. The summed E-state index contributed by atoms with van der Waals surface area (Å²) in [6, 6.07) is 61.1. The van der Waals surface area contributed by atoms with Gasteiger partial charge in [0.2, 0.25) is 0 Å². The Morgan fingerprint density at radius 1 is 0.525 bits per heavy atom. The molecule has 10 aromatic rings. The lowest BCUT2D eigenvalue weighted by Gasteiger charge is -2.45. The van der Waals surface area contributed by atoms with E-state index in [1.165, 1.54) is 81.2 Å². The maximum Gasteiger partial charge on any atom is 0.375 e. The molecule has 0 unspecified atom stereocenters. The Kier molecular flexibility index (Phi) is 7.72. The van der Waals surface area contributed by atoms with Crippen LogP contribution in [-0.4, -0.2) is 6.85 Å². The molecule has 0 saturated heterocycles. The highest BCUT2D eigenvalue weighted by Gasteiger charge is 2.50. The van der Waals surface area contributed by atoms with Crippen LogP contribution < -0.4 is 20.8 Å². The van der Waals surface area contributed by atoms with Gasteiger partial charge in [0.15, 0.2) is 0 Å². The van der Waals surface area contributed by atoms with E-state index in [1.54, 1.807) is 0 Å². The molecule has 0 atom stereocenters. The van der Waals surface area contributed by atoms with Gasteiger partial charge in [-0.2, -0.15) is 0 Å². The van der Waals surface area contributed by atoms with Gasteiger partial charge in [0.05, 0.1) is 11.4 Å². The van der Waals surface area contributed by atoms with Crippen LogP contribution in [-0.2, 0) is 10.8 Å². The first kappa shape index (κ1) is 36.3. The fourth-order valence-electron chi connectivity index (χ4n) is 10.1. The third kappa shape index (κ3) is 5.36. The molecule has 4 heterocycles. The highest BCUT2D eigenvalue weighted by atomic mass is 32.1. The molecule has 8 aromatic carbocycles. The smallest absolute Gasteiger partial charge is 0.375 e. The summed E-state index contributed by atoms with van der Waals surface area (Å²) in [5.41, 5.74) is 16.4. The lowest BCUT2D eigenvalue weighted by Crippen LogP contribution is -2.61. The van der Waals surface area contributed by atoms with E-state index in [0.717, 1.165) is 33.7 Å². The van der Waals surface area contributed by atoms with Crippen molar-refractivity contribution in [2.75, 3.05) is 9.71 Å². The SMILES string of the molecule is CC(C)(C)c1ccc(N2B3c4oc5ccccc5c4N(c4ccc(C(C)(C)C)cc4-c4ccccc4)c4cc5ccccc5c(c43)-c3c2ccc2sc4ccccc4c32)cc1. The molecule has 3 nitrogen and oxygen atoms in total. The molecule has 294 valence electrons. The second kappa shape index (κ2) is 13.0. The molecule has 0 amide bonds. The van der Waals surface area contributed by atoms with E-state index in [1.807, 2.05) is 11.3 Å². The molecule has 2 aliphatic heterocycles. The average Bonchev–Trinajstić information content (AvgIpc) is 3.85. The summed E-state index contributed by atoms with van der Waals surface area (Å²) in [4.78, 5) is 5.14. The molecule has 0 aliphatic carbocycles. The van der Waals surface area contributed by atoms with Crippen LogP contribution in [0.4, 0.5) is 28.4 Å². The molecule has 0 radical (unpaired) electrons. The van der Waals surface area contributed by atoms with E-state index < -0.39 is 0 Å². The van der Waals surface area contributed by atoms with E-state index in [9.17, 15) is 0 Å². The fourth-order valence-corrected chi connectivity index (χ4v) is 11.3. The quantitative estimate of drug-likeness (QED) is 0.166. The first-order chi connectivity index (χ1) is 29.5. The molecule has 61 heavy (non-hydrogen) atoms. The van der Waals surface area contributed by atoms with Gasteiger partial charge in [-0.15, -0.1) is 11.3 Å². The number of para-hydroxylation sites is 1. The monoisotopic (exact) mass is 804 g/mol. The van der Waals surface area contributed by atoms with E-state index >= 15 is 0 Å². The summed E-state index contributed by atoms with van der Waals surface area (Å²) < 4.78 is 9.93. The zero-order chi connectivity index (χ0) is 41.4. The van der Waals surface area contributed by atoms with Crippen molar-refractivity contribution in [3.05, 3.63) is 175 Å². The van der Waals surface area contributed by atoms with Crippen molar-refractivity contribution in [3.63, 3.8) is 0 Å². The molecule has 2 aliphatic rings. The van der Waals surface area contributed by atoms with Crippen molar-refractivity contribution < 1.29 is 4.42 Å². The van der Waals surface area contributed by atoms with Crippen LogP contribution in [0.15, 0.2) is 168 Å². The second-order valence-corrected chi connectivity index (χ2v) is 20.0. The van der Waals surface area contributed by atoms with Crippen molar-refractivity contribution in [1.82, 2.24) is 0 Å². The highest BCUT2D eigenvalue weighted by molar-refractivity contribution is 7.26. The van der Waals surface area contributed by atoms with Crippen molar-refractivity contribution in [3.8, 4) is 22.3 Å². The Morgan fingerprint density at radius 3 is 1.95 bits per heavy atom. The number of anilines is 5. The normalized spacial score (nSPS) is 13.6. The number of nitrogens with zero attached hydrogens (tertiary/aromatic N) is 2. The Hall–Kier alpha value is -6.56. The molecule has 0 spiro atoms. The summed E-state index contributed by atoms with van der Waals surface area (Å²) in [6.07, 6.45) is 0. The van der Waals surface area contributed by atoms with Gasteiger partial charge in [-0.25, -0.2) is 0 Å². The summed E-state index contributed by atoms with van der Waals surface area (Å²) >= 11 is 1.89. The molecule has 0 N–H and O–H groups in total. The zero-order valence-corrected chi connectivity index (χ0v) is 36.2. The minimum absolute atomic E-state index is 0.0228. The minimum Gasteiger partial charge on any atom is -0.466 e. The van der Waals surface area contributed by atoms with Gasteiger partial charge in [-0.3, -0.25) is 0 Å². The summed E-state index contributed by atoms with van der Waals surface area (Å²) in [6.45, 7) is 13.5. The molecule has 0 fully saturated rings. The van der Waals surface area contributed by atoms with E-state index in [4.69, 9.17) is 4.42 Å². The van der Waals surface area contributed by atoms with E-state index in [0.29, 0.717) is 0 Å². The molecular formula is C56H45BN2OS. The van der Waals surface area contributed by atoms with Crippen molar-refractivity contribution in [2.45, 2.75) is 52.4 Å². The maximum atomic E-state index is 7.33.